The molecular weight excluding hydrogens is 558 g/mol. The highest BCUT2D eigenvalue weighted by Crippen LogP contribution is 2.39. The van der Waals surface area contributed by atoms with Crippen molar-refractivity contribution in [3.05, 3.63) is 176 Å². The van der Waals surface area contributed by atoms with E-state index < -0.39 is 0 Å². The molecule has 0 amide bonds. The van der Waals surface area contributed by atoms with Gasteiger partial charge in [-0.2, -0.15) is 0 Å². The maximum absolute atomic E-state index is 6.36. The largest absolute Gasteiger partial charge is 0.456 e. The van der Waals surface area contributed by atoms with Crippen LogP contribution in [0.5, 0.6) is 0 Å². The summed E-state index contributed by atoms with van der Waals surface area (Å²) in [4.78, 5) is 2.31. The maximum atomic E-state index is 6.36. The van der Waals surface area contributed by atoms with Crippen LogP contribution in [0.2, 0.25) is 0 Å². The Kier molecular flexibility index (Phi) is 6.17. The topological polar surface area (TPSA) is 16.4 Å². The Bertz CT molecular complexity index is 2500. The van der Waals surface area contributed by atoms with Gasteiger partial charge in [0.15, 0.2) is 0 Å². The van der Waals surface area contributed by atoms with E-state index in [1.54, 1.807) is 0 Å². The van der Waals surface area contributed by atoms with E-state index in [1.807, 2.05) is 0 Å². The van der Waals surface area contributed by atoms with Crippen LogP contribution in [-0.2, 0) is 0 Å². The first kappa shape index (κ1) is 26.3. The van der Waals surface area contributed by atoms with Crippen LogP contribution in [0.4, 0.5) is 17.1 Å². The van der Waals surface area contributed by atoms with E-state index in [0.29, 0.717) is 0 Å². The Morgan fingerprint density at radius 1 is 0.348 bits per heavy atom. The number of hydrogen-bond donors (Lipinski definition) is 0. The van der Waals surface area contributed by atoms with Crippen molar-refractivity contribution in [2.75, 3.05) is 4.90 Å². The molecule has 9 aromatic rings. The van der Waals surface area contributed by atoms with Crippen molar-refractivity contribution < 1.29 is 4.42 Å². The molecule has 0 atom stereocenters. The molecule has 216 valence electrons. The number of rotatable bonds is 5. The Morgan fingerprint density at radius 3 is 1.70 bits per heavy atom. The van der Waals surface area contributed by atoms with Gasteiger partial charge < -0.3 is 9.32 Å². The molecule has 0 saturated carbocycles. The van der Waals surface area contributed by atoms with Crippen molar-refractivity contribution in [3.63, 3.8) is 0 Å². The average molecular weight is 588 g/mol. The van der Waals surface area contributed by atoms with E-state index in [-0.39, 0.29) is 0 Å². The number of para-hydroxylation sites is 1. The molecule has 9 rings (SSSR count). The van der Waals surface area contributed by atoms with Gasteiger partial charge in [0.2, 0.25) is 0 Å². The summed E-state index contributed by atoms with van der Waals surface area (Å²) < 4.78 is 6.36. The Hall–Kier alpha value is -6.12. The second-order valence-corrected chi connectivity index (χ2v) is 11.8. The third kappa shape index (κ3) is 4.43. The van der Waals surface area contributed by atoms with Gasteiger partial charge in [0.25, 0.3) is 0 Å². The van der Waals surface area contributed by atoms with E-state index in [1.165, 1.54) is 38.1 Å². The van der Waals surface area contributed by atoms with Crippen LogP contribution < -0.4 is 4.90 Å². The molecule has 0 bridgehead atoms. The Morgan fingerprint density at radius 2 is 0.935 bits per heavy atom. The fourth-order valence-electron chi connectivity index (χ4n) is 6.82. The summed E-state index contributed by atoms with van der Waals surface area (Å²) in [5, 5.41) is 7.30. The molecule has 1 heterocycles. The third-order valence-corrected chi connectivity index (χ3v) is 9.06. The second-order valence-electron chi connectivity index (χ2n) is 11.8. The molecule has 0 saturated heterocycles. The van der Waals surface area contributed by atoms with Crippen LogP contribution >= 0.6 is 0 Å². The molecule has 0 aliphatic carbocycles. The van der Waals surface area contributed by atoms with Crippen molar-refractivity contribution in [2.24, 2.45) is 0 Å². The van der Waals surface area contributed by atoms with Gasteiger partial charge in [-0.15, -0.1) is 0 Å². The number of anilines is 3. The van der Waals surface area contributed by atoms with E-state index in [9.17, 15) is 0 Å². The smallest absolute Gasteiger partial charge is 0.136 e. The van der Waals surface area contributed by atoms with Gasteiger partial charge in [-0.25, -0.2) is 0 Å². The van der Waals surface area contributed by atoms with Crippen molar-refractivity contribution in [2.45, 2.75) is 0 Å². The molecule has 0 aliphatic heterocycles. The van der Waals surface area contributed by atoms with Gasteiger partial charge >= 0.3 is 0 Å². The second kappa shape index (κ2) is 10.8. The lowest BCUT2D eigenvalue weighted by atomic mass is 9.98. The lowest BCUT2D eigenvalue weighted by Gasteiger charge is -2.26. The van der Waals surface area contributed by atoms with Crippen LogP contribution in [-0.4, -0.2) is 0 Å². The quantitative estimate of drug-likeness (QED) is 0.199. The summed E-state index contributed by atoms with van der Waals surface area (Å²) in [6, 6.07) is 62.6. The van der Waals surface area contributed by atoms with Crippen LogP contribution in [0, 0.1) is 0 Å². The first-order valence-corrected chi connectivity index (χ1v) is 15.7. The Labute approximate surface area is 267 Å². The van der Waals surface area contributed by atoms with Crippen LogP contribution in [0.15, 0.2) is 180 Å². The first-order valence-electron chi connectivity index (χ1n) is 15.7. The SMILES string of the molecule is c1ccc(N(c2ccc(-c3ccc4c(c3)oc3ccc5ccccc5c34)cc2)c2ccc(-c3cccc4ccccc34)cc2)cc1. The highest BCUT2D eigenvalue weighted by molar-refractivity contribution is 6.19. The molecule has 2 heteroatoms. The predicted molar refractivity (Wildman–Crippen MR) is 194 cm³/mol. The molecule has 2 nitrogen and oxygen atoms in total. The number of benzene rings is 8. The number of furan rings is 1. The summed E-state index contributed by atoms with van der Waals surface area (Å²) >= 11 is 0. The standard InChI is InChI=1S/C44H29NO/c1-2-12-35(13-3-1)45(37-25-19-33(20-26-37)39-16-8-11-31-9-4-6-14-38(31)39)36-23-17-30(18-24-36)34-21-27-41-43(29-34)46-42-28-22-32-10-5-7-15-40(32)44(41)42/h1-29H. The van der Waals surface area contributed by atoms with Crippen LogP contribution in [0.3, 0.4) is 0 Å². The Balaban J connectivity index is 1.08. The minimum Gasteiger partial charge on any atom is -0.456 e. The summed E-state index contributed by atoms with van der Waals surface area (Å²) in [5.41, 5.74) is 9.89. The average Bonchev–Trinajstić information content (AvgIpc) is 3.51. The molecule has 1 aromatic heterocycles. The summed E-state index contributed by atoms with van der Waals surface area (Å²) in [5.74, 6) is 0. The monoisotopic (exact) mass is 587 g/mol. The normalized spacial score (nSPS) is 11.5. The van der Waals surface area contributed by atoms with Gasteiger partial charge in [-0.05, 0) is 98.4 Å². The van der Waals surface area contributed by atoms with Crippen molar-refractivity contribution >= 4 is 60.5 Å². The van der Waals surface area contributed by atoms with Gasteiger partial charge in [-0.1, -0.05) is 121 Å². The highest BCUT2D eigenvalue weighted by atomic mass is 16.3. The van der Waals surface area contributed by atoms with Gasteiger partial charge in [0.1, 0.15) is 11.2 Å². The lowest BCUT2D eigenvalue weighted by molar-refractivity contribution is 0.669. The van der Waals surface area contributed by atoms with Gasteiger partial charge in [0.05, 0.1) is 0 Å². The first-order chi connectivity index (χ1) is 22.8. The zero-order valence-corrected chi connectivity index (χ0v) is 25.1. The molecule has 8 aromatic carbocycles. The third-order valence-electron chi connectivity index (χ3n) is 9.06. The summed E-state index contributed by atoms with van der Waals surface area (Å²) in [7, 11) is 0. The highest BCUT2D eigenvalue weighted by Gasteiger charge is 2.15. The number of fused-ring (bicyclic) bond motifs is 6. The predicted octanol–water partition coefficient (Wildman–Crippen LogP) is 12.7. The number of nitrogens with zero attached hydrogens (tertiary/aromatic N) is 1. The van der Waals surface area contributed by atoms with E-state index >= 15 is 0 Å². The zero-order valence-electron chi connectivity index (χ0n) is 25.1. The van der Waals surface area contributed by atoms with Gasteiger partial charge in [-0.3, -0.25) is 0 Å². The zero-order chi connectivity index (χ0) is 30.5. The van der Waals surface area contributed by atoms with Crippen molar-refractivity contribution in [1.82, 2.24) is 0 Å². The fraction of sp³-hybridized carbons (Fsp3) is 0. The van der Waals surface area contributed by atoms with E-state index in [2.05, 4.69) is 181 Å². The number of hydrogen-bond acceptors (Lipinski definition) is 2. The van der Waals surface area contributed by atoms with Crippen LogP contribution in [0.25, 0.3) is 65.7 Å². The van der Waals surface area contributed by atoms with Crippen molar-refractivity contribution in [3.8, 4) is 22.3 Å². The minimum absolute atomic E-state index is 0.908. The molecular formula is C44H29NO. The van der Waals surface area contributed by atoms with Crippen molar-refractivity contribution in [1.29, 1.82) is 0 Å². The molecule has 0 aliphatic rings. The van der Waals surface area contributed by atoms with Gasteiger partial charge in [0, 0.05) is 27.8 Å². The molecule has 0 fully saturated rings. The molecule has 0 N–H and O–H groups in total. The molecule has 0 unspecified atom stereocenters. The minimum atomic E-state index is 0.908. The van der Waals surface area contributed by atoms with Crippen LogP contribution in [0.1, 0.15) is 0 Å². The van der Waals surface area contributed by atoms with E-state index in [0.717, 1.165) is 44.7 Å². The molecule has 0 radical (unpaired) electrons. The lowest BCUT2D eigenvalue weighted by Crippen LogP contribution is -2.09. The summed E-state index contributed by atoms with van der Waals surface area (Å²) in [6.45, 7) is 0. The van der Waals surface area contributed by atoms with E-state index in [4.69, 9.17) is 4.42 Å². The summed E-state index contributed by atoms with van der Waals surface area (Å²) in [6.07, 6.45) is 0. The maximum Gasteiger partial charge on any atom is 0.136 e. The fourth-order valence-corrected chi connectivity index (χ4v) is 6.82. The molecule has 0 spiro atoms. The molecule has 46 heavy (non-hydrogen) atoms.